The van der Waals surface area contributed by atoms with Crippen molar-refractivity contribution in [1.82, 2.24) is 4.90 Å². The maximum Gasteiger partial charge on any atom is 0.311 e. The Labute approximate surface area is 130 Å². The van der Waals surface area contributed by atoms with Crippen LogP contribution in [0.15, 0.2) is 18.2 Å². The van der Waals surface area contributed by atoms with E-state index in [9.17, 15) is 9.90 Å². The molecule has 1 aliphatic rings. The number of halogens is 1. The highest BCUT2D eigenvalue weighted by Gasteiger charge is 2.47. The molecule has 5 heteroatoms. The van der Waals surface area contributed by atoms with E-state index < -0.39 is 11.4 Å². The maximum atomic E-state index is 11.7. The number of nitrogens with zero attached hydrogens (tertiary/aromatic N) is 1. The van der Waals surface area contributed by atoms with Gasteiger partial charge >= 0.3 is 5.97 Å². The molecule has 1 aromatic rings. The van der Waals surface area contributed by atoms with E-state index in [1.165, 1.54) is 0 Å². The van der Waals surface area contributed by atoms with Crippen LogP contribution in [-0.2, 0) is 11.3 Å². The smallest absolute Gasteiger partial charge is 0.311 e. The van der Waals surface area contributed by atoms with Gasteiger partial charge in [-0.25, -0.2) is 0 Å². The van der Waals surface area contributed by atoms with Crippen molar-refractivity contribution in [2.75, 3.05) is 20.2 Å². The molecule has 1 aliphatic heterocycles. The van der Waals surface area contributed by atoms with Gasteiger partial charge in [-0.1, -0.05) is 31.5 Å². The number of carboxylic acid groups (broad SMARTS) is 1. The van der Waals surface area contributed by atoms with Gasteiger partial charge in [-0.05, 0) is 31.0 Å². The van der Waals surface area contributed by atoms with Crippen LogP contribution in [0.1, 0.15) is 25.8 Å². The molecule has 116 valence electrons. The number of hydrogen-bond acceptors (Lipinski definition) is 3. The minimum absolute atomic E-state index is 0.105. The van der Waals surface area contributed by atoms with Crippen LogP contribution < -0.4 is 4.74 Å². The average Bonchev–Trinajstić information content (AvgIpc) is 2.86. The highest BCUT2D eigenvalue weighted by molar-refractivity contribution is 6.31. The largest absolute Gasteiger partial charge is 0.496 e. The molecule has 1 atom stereocenters. The van der Waals surface area contributed by atoms with Crippen LogP contribution in [0.2, 0.25) is 5.02 Å². The molecule has 1 fully saturated rings. The number of hydrogen-bond donors (Lipinski definition) is 1. The lowest BCUT2D eigenvalue weighted by atomic mass is 9.76. The Morgan fingerprint density at radius 2 is 2.24 bits per heavy atom. The number of benzene rings is 1. The van der Waals surface area contributed by atoms with Crippen molar-refractivity contribution in [2.45, 2.75) is 26.8 Å². The Balaban J connectivity index is 2.18. The van der Waals surface area contributed by atoms with Gasteiger partial charge in [-0.15, -0.1) is 0 Å². The predicted octanol–water partition coefficient (Wildman–Crippen LogP) is 3.28. The summed E-state index contributed by atoms with van der Waals surface area (Å²) in [5, 5.41) is 10.3. The third-order valence-electron chi connectivity index (χ3n) is 4.59. The van der Waals surface area contributed by atoms with E-state index in [1.807, 2.05) is 32.0 Å². The van der Waals surface area contributed by atoms with Crippen LogP contribution in [-0.4, -0.2) is 36.2 Å². The minimum atomic E-state index is -0.703. The van der Waals surface area contributed by atoms with Crippen LogP contribution in [0.4, 0.5) is 0 Å². The molecule has 0 amide bonds. The number of aliphatic carboxylic acids is 1. The summed E-state index contributed by atoms with van der Waals surface area (Å²) in [6.45, 7) is 5.89. The lowest BCUT2D eigenvalue weighted by molar-refractivity contribution is -0.151. The Kier molecular flexibility index (Phi) is 4.79. The second-order valence-corrected chi connectivity index (χ2v) is 6.40. The number of methoxy groups -OCH3 is 1. The zero-order valence-corrected chi connectivity index (χ0v) is 13.5. The van der Waals surface area contributed by atoms with Crippen LogP contribution >= 0.6 is 11.6 Å². The summed E-state index contributed by atoms with van der Waals surface area (Å²) in [6, 6.07) is 5.57. The number of ether oxygens (including phenoxy) is 1. The second kappa shape index (κ2) is 6.24. The molecule has 4 nitrogen and oxygen atoms in total. The van der Waals surface area contributed by atoms with Gasteiger partial charge in [-0.3, -0.25) is 9.69 Å². The van der Waals surface area contributed by atoms with E-state index in [0.29, 0.717) is 24.5 Å². The first-order chi connectivity index (χ1) is 9.90. The monoisotopic (exact) mass is 311 g/mol. The number of carbonyl (C=O) groups is 1. The van der Waals surface area contributed by atoms with Crippen LogP contribution in [0, 0.1) is 11.3 Å². The van der Waals surface area contributed by atoms with Crippen molar-refractivity contribution in [3.8, 4) is 5.75 Å². The molecule has 0 spiro atoms. The molecular weight excluding hydrogens is 290 g/mol. The Bertz CT molecular complexity index is 532. The first kappa shape index (κ1) is 16.1. The van der Waals surface area contributed by atoms with Gasteiger partial charge in [0, 0.05) is 23.7 Å². The molecule has 1 aromatic carbocycles. The van der Waals surface area contributed by atoms with Crippen LogP contribution in [0.3, 0.4) is 0 Å². The van der Waals surface area contributed by atoms with E-state index in [4.69, 9.17) is 16.3 Å². The third kappa shape index (κ3) is 3.01. The van der Waals surface area contributed by atoms with Gasteiger partial charge in [-0.2, -0.15) is 0 Å². The fourth-order valence-corrected chi connectivity index (χ4v) is 3.28. The lowest BCUT2D eigenvalue weighted by Crippen LogP contribution is -2.39. The molecule has 0 aliphatic carbocycles. The molecule has 0 radical (unpaired) electrons. The first-order valence-electron chi connectivity index (χ1n) is 7.18. The molecular formula is C16H22ClNO3. The number of rotatable bonds is 5. The fourth-order valence-electron chi connectivity index (χ4n) is 3.05. The molecule has 1 N–H and O–H groups in total. The van der Waals surface area contributed by atoms with Gasteiger partial charge in [0.2, 0.25) is 0 Å². The summed E-state index contributed by atoms with van der Waals surface area (Å²) < 4.78 is 5.36. The van der Waals surface area contributed by atoms with Crippen molar-refractivity contribution in [1.29, 1.82) is 0 Å². The molecule has 21 heavy (non-hydrogen) atoms. The average molecular weight is 312 g/mol. The fraction of sp³-hybridized carbons (Fsp3) is 0.562. The van der Waals surface area contributed by atoms with E-state index in [1.54, 1.807) is 7.11 Å². The predicted molar refractivity (Wildman–Crippen MR) is 82.8 cm³/mol. The summed E-state index contributed by atoms with van der Waals surface area (Å²) in [5.41, 5.74) is 0.265. The van der Waals surface area contributed by atoms with Crippen molar-refractivity contribution in [3.05, 3.63) is 28.8 Å². The van der Waals surface area contributed by atoms with E-state index in [-0.39, 0.29) is 5.92 Å². The normalized spacial score (nSPS) is 22.7. The SMILES string of the molecule is COc1cccc(Cl)c1CN1CCC(C(=O)O)(C(C)C)C1. The van der Waals surface area contributed by atoms with E-state index >= 15 is 0 Å². The maximum absolute atomic E-state index is 11.7. The summed E-state index contributed by atoms with van der Waals surface area (Å²) in [7, 11) is 1.62. The van der Waals surface area contributed by atoms with Crippen molar-refractivity contribution in [3.63, 3.8) is 0 Å². The van der Waals surface area contributed by atoms with Crippen LogP contribution in [0.25, 0.3) is 0 Å². The number of likely N-dealkylation sites (tertiary alicyclic amines) is 1. The molecule has 0 bridgehead atoms. The third-order valence-corrected chi connectivity index (χ3v) is 4.94. The highest BCUT2D eigenvalue weighted by Crippen LogP contribution is 2.39. The van der Waals surface area contributed by atoms with Gasteiger partial charge in [0.25, 0.3) is 0 Å². The summed E-state index contributed by atoms with van der Waals surface area (Å²) in [6.07, 6.45) is 0.673. The van der Waals surface area contributed by atoms with E-state index in [0.717, 1.165) is 17.9 Å². The minimum Gasteiger partial charge on any atom is -0.496 e. The standard InChI is InChI=1S/C16H22ClNO3/c1-11(2)16(15(19)20)7-8-18(10-16)9-12-13(17)5-4-6-14(12)21-3/h4-6,11H,7-10H2,1-3H3,(H,19,20). The Hall–Kier alpha value is -1.26. The molecule has 2 rings (SSSR count). The van der Waals surface area contributed by atoms with Gasteiger partial charge in [0.05, 0.1) is 12.5 Å². The van der Waals surface area contributed by atoms with Gasteiger partial charge < -0.3 is 9.84 Å². The summed E-state index contributed by atoms with van der Waals surface area (Å²) in [4.78, 5) is 13.8. The van der Waals surface area contributed by atoms with E-state index in [2.05, 4.69) is 4.90 Å². The Morgan fingerprint density at radius 3 is 2.76 bits per heavy atom. The topological polar surface area (TPSA) is 49.8 Å². The van der Waals surface area contributed by atoms with Crippen molar-refractivity contribution < 1.29 is 14.6 Å². The number of carboxylic acids is 1. The zero-order chi connectivity index (χ0) is 15.6. The second-order valence-electron chi connectivity index (χ2n) is 6.00. The quantitative estimate of drug-likeness (QED) is 0.906. The van der Waals surface area contributed by atoms with Crippen molar-refractivity contribution in [2.24, 2.45) is 11.3 Å². The molecule has 1 unspecified atom stereocenters. The summed E-state index contributed by atoms with van der Waals surface area (Å²) >= 11 is 6.26. The highest BCUT2D eigenvalue weighted by atomic mass is 35.5. The van der Waals surface area contributed by atoms with Crippen LogP contribution in [0.5, 0.6) is 5.75 Å². The molecule has 0 saturated carbocycles. The first-order valence-corrected chi connectivity index (χ1v) is 7.55. The zero-order valence-electron chi connectivity index (χ0n) is 12.7. The summed E-state index contributed by atoms with van der Waals surface area (Å²) in [5.74, 6) is 0.152. The van der Waals surface area contributed by atoms with Crippen molar-refractivity contribution >= 4 is 17.6 Å². The Morgan fingerprint density at radius 1 is 1.52 bits per heavy atom. The van der Waals surface area contributed by atoms with Gasteiger partial charge in [0.1, 0.15) is 5.75 Å². The lowest BCUT2D eigenvalue weighted by Gasteiger charge is -2.29. The van der Waals surface area contributed by atoms with Gasteiger partial charge in [0.15, 0.2) is 0 Å². The molecule has 0 aromatic heterocycles. The molecule has 1 saturated heterocycles. The molecule has 1 heterocycles.